The summed E-state index contributed by atoms with van der Waals surface area (Å²) in [5.74, 6) is -1.58. The van der Waals surface area contributed by atoms with Gasteiger partial charge in [-0.2, -0.15) is 4.98 Å². The van der Waals surface area contributed by atoms with E-state index in [1.807, 2.05) is 13.8 Å². The van der Waals surface area contributed by atoms with Crippen molar-refractivity contribution in [2.24, 2.45) is 16.2 Å². The van der Waals surface area contributed by atoms with Crippen LogP contribution in [0.5, 0.6) is 5.88 Å². The van der Waals surface area contributed by atoms with E-state index in [2.05, 4.69) is 39.6 Å². The van der Waals surface area contributed by atoms with Crippen molar-refractivity contribution >= 4 is 17.1 Å². The number of carbonyl (C=O) groups is 1. The quantitative estimate of drug-likeness (QED) is 0.120. The highest BCUT2D eigenvalue weighted by Gasteiger charge is 2.46. The van der Waals surface area contributed by atoms with E-state index in [1.165, 1.54) is 6.07 Å². The van der Waals surface area contributed by atoms with E-state index in [4.69, 9.17) is 28.1 Å². The second-order valence-corrected chi connectivity index (χ2v) is 13.2. The number of hydrogen-bond donors (Lipinski definition) is 0. The van der Waals surface area contributed by atoms with Gasteiger partial charge in [0.15, 0.2) is 0 Å². The molecule has 0 saturated heterocycles. The standard InChI is InChI=1S/C34H45F2NO8/c1-32(2,3)22-33(4,5)34(6,7)31(39)44-17-15-42-13-11-40-10-12-41-14-16-43-28-9-8-23-20-27(30(38)45-29(23)37-28)24-18-25(35)21-26(36)19-24/h8-9,18-21H,10-17,22H2,1-7H3. The molecule has 3 rings (SSSR count). The first-order valence-electron chi connectivity index (χ1n) is 15.0. The van der Waals surface area contributed by atoms with Gasteiger partial charge in [-0.1, -0.05) is 34.6 Å². The summed E-state index contributed by atoms with van der Waals surface area (Å²) in [7, 11) is 0. The van der Waals surface area contributed by atoms with Crippen LogP contribution in [0.2, 0.25) is 0 Å². The second-order valence-electron chi connectivity index (χ2n) is 13.2. The highest BCUT2D eigenvalue weighted by atomic mass is 19.1. The molecule has 0 fully saturated rings. The molecule has 0 aliphatic carbocycles. The van der Waals surface area contributed by atoms with Crippen molar-refractivity contribution in [1.29, 1.82) is 0 Å². The second kappa shape index (κ2) is 15.7. The Bertz CT molecular complexity index is 1460. The number of aromatic nitrogens is 1. The topological polar surface area (TPSA) is 106 Å². The molecule has 0 atom stereocenters. The summed E-state index contributed by atoms with van der Waals surface area (Å²) in [6.45, 7) is 17.0. The minimum atomic E-state index is -0.795. The van der Waals surface area contributed by atoms with Gasteiger partial charge in [-0.05, 0) is 60.9 Å². The van der Waals surface area contributed by atoms with Crippen LogP contribution in [0.3, 0.4) is 0 Å². The van der Waals surface area contributed by atoms with Crippen molar-refractivity contribution in [3.8, 4) is 17.0 Å². The smallest absolute Gasteiger partial charge is 0.345 e. The zero-order valence-corrected chi connectivity index (χ0v) is 27.3. The van der Waals surface area contributed by atoms with Crippen LogP contribution in [0.25, 0.3) is 22.2 Å². The van der Waals surface area contributed by atoms with Gasteiger partial charge < -0.3 is 28.1 Å². The summed E-state index contributed by atoms with van der Waals surface area (Å²) in [5.41, 5.74) is -1.38. The third-order valence-electron chi connectivity index (χ3n) is 7.60. The highest BCUT2D eigenvalue weighted by molar-refractivity contribution is 5.79. The summed E-state index contributed by atoms with van der Waals surface area (Å²) in [5, 5.41) is 0.472. The molecule has 0 spiro atoms. The molecule has 45 heavy (non-hydrogen) atoms. The minimum absolute atomic E-state index is 0.0230. The number of carbonyl (C=O) groups excluding carboxylic acids is 1. The first-order chi connectivity index (χ1) is 21.1. The Morgan fingerprint density at radius 2 is 1.33 bits per heavy atom. The van der Waals surface area contributed by atoms with Crippen molar-refractivity contribution in [2.75, 3.05) is 52.9 Å². The van der Waals surface area contributed by atoms with E-state index in [0.29, 0.717) is 38.4 Å². The lowest BCUT2D eigenvalue weighted by molar-refractivity contribution is -0.164. The van der Waals surface area contributed by atoms with Gasteiger partial charge in [-0.3, -0.25) is 4.79 Å². The number of esters is 1. The van der Waals surface area contributed by atoms with E-state index in [0.717, 1.165) is 24.6 Å². The third kappa shape index (κ3) is 10.9. The molecular weight excluding hydrogens is 588 g/mol. The summed E-state index contributed by atoms with van der Waals surface area (Å²) < 4.78 is 60.0. The minimum Gasteiger partial charge on any atom is -0.475 e. The van der Waals surface area contributed by atoms with Gasteiger partial charge in [0.2, 0.25) is 11.6 Å². The van der Waals surface area contributed by atoms with Crippen molar-refractivity contribution in [3.05, 3.63) is 58.5 Å². The summed E-state index contributed by atoms with van der Waals surface area (Å²) in [6, 6.07) is 7.54. The number of benzene rings is 1. The lowest BCUT2D eigenvalue weighted by Gasteiger charge is -2.43. The van der Waals surface area contributed by atoms with Crippen LogP contribution in [0.15, 0.2) is 45.6 Å². The normalized spacial score (nSPS) is 12.5. The van der Waals surface area contributed by atoms with Gasteiger partial charge in [0.1, 0.15) is 24.8 Å². The highest BCUT2D eigenvalue weighted by Crippen LogP contribution is 2.47. The average molecular weight is 634 g/mol. The Morgan fingerprint density at radius 3 is 1.91 bits per heavy atom. The van der Waals surface area contributed by atoms with E-state index in [1.54, 1.807) is 12.1 Å². The molecule has 2 aromatic heterocycles. The van der Waals surface area contributed by atoms with Crippen molar-refractivity contribution in [1.82, 2.24) is 4.98 Å². The monoisotopic (exact) mass is 633 g/mol. The molecule has 248 valence electrons. The molecule has 2 heterocycles. The molecule has 0 saturated carbocycles. The van der Waals surface area contributed by atoms with Gasteiger partial charge in [-0.25, -0.2) is 13.6 Å². The molecule has 0 aliphatic heterocycles. The molecule has 0 bridgehead atoms. The number of pyridine rings is 1. The Kier molecular flexibility index (Phi) is 12.6. The lowest BCUT2D eigenvalue weighted by Crippen LogP contribution is -2.43. The van der Waals surface area contributed by atoms with Crippen molar-refractivity contribution in [3.63, 3.8) is 0 Å². The van der Waals surface area contributed by atoms with Gasteiger partial charge in [0.05, 0.1) is 50.6 Å². The summed E-state index contributed by atoms with van der Waals surface area (Å²) in [6.07, 6.45) is 0.892. The molecule has 0 aliphatic rings. The lowest BCUT2D eigenvalue weighted by atomic mass is 9.61. The maximum absolute atomic E-state index is 13.6. The van der Waals surface area contributed by atoms with Crippen LogP contribution < -0.4 is 10.4 Å². The fourth-order valence-electron chi connectivity index (χ4n) is 4.92. The molecule has 0 N–H and O–H groups in total. The summed E-state index contributed by atoms with van der Waals surface area (Å²) >= 11 is 0. The molecule has 11 heteroatoms. The van der Waals surface area contributed by atoms with E-state index >= 15 is 0 Å². The van der Waals surface area contributed by atoms with Gasteiger partial charge in [0.25, 0.3) is 0 Å². The Balaban J connectivity index is 1.26. The Morgan fingerprint density at radius 1 is 0.778 bits per heavy atom. The predicted molar refractivity (Wildman–Crippen MR) is 166 cm³/mol. The maximum Gasteiger partial charge on any atom is 0.345 e. The number of ether oxygens (including phenoxy) is 5. The van der Waals surface area contributed by atoms with Crippen LogP contribution >= 0.6 is 0 Å². The van der Waals surface area contributed by atoms with Gasteiger partial charge in [0, 0.05) is 17.5 Å². The Labute approximate surface area is 263 Å². The number of hydrogen-bond acceptors (Lipinski definition) is 9. The van der Waals surface area contributed by atoms with Gasteiger partial charge in [-0.15, -0.1) is 0 Å². The molecule has 3 aromatic rings. The molecule has 9 nitrogen and oxygen atoms in total. The summed E-state index contributed by atoms with van der Waals surface area (Å²) in [4.78, 5) is 29.3. The van der Waals surface area contributed by atoms with Crippen LogP contribution in [-0.2, 0) is 23.7 Å². The molecule has 0 radical (unpaired) electrons. The molecular formula is C34H45F2NO8. The molecule has 0 unspecified atom stereocenters. The zero-order valence-electron chi connectivity index (χ0n) is 27.3. The predicted octanol–water partition coefficient (Wildman–Crippen LogP) is 6.59. The van der Waals surface area contributed by atoms with E-state index in [-0.39, 0.29) is 59.3 Å². The largest absolute Gasteiger partial charge is 0.475 e. The van der Waals surface area contributed by atoms with E-state index in [9.17, 15) is 18.4 Å². The first-order valence-corrected chi connectivity index (χ1v) is 15.0. The van der Waals surface area contributed by atoms with Crippen LogP contribution in [0.1, 0.15) is 54.9 Å². The maximum atomic E-state index is 13.6. The molecule has 1 aromatic carbocycles. The van der Waals surface area contributed by atoms with Crippen LogP contribution in [0, 0.1) is 27.9 Å². The number of halogens is 2. The third-order valence-corrected chi connectivity index (χ3v) is 7.60. The van der Waals surface area contributed by atoms with Crippen molar-refractivity contribution in [2.45, 2.75) is 54.9 Å². The molecule has 0 amide bonds. The number of fused-ring (bicyclic) bond motifs is 1. The van der Waals surface area contributed by atoms with Crippen LogP contribution in [-0.4, -0.2) is 63.8 Å². The average Bonchev–Trinajstić information content (AvgIpc) is 2.93. The Hall–Kier alpha value is -3.41. The van der Waals surface area contributed by atoms with Crippen molar-refractivity contribution < 1.29 is 41.7 Å². The fourth-order valence-corrected chi connectivity index (χ4v) is 4.92. The van der Waals surface area contributed by atoms with Gasteiger partial charge >= 0.3 is 11.6 Å². The van der Waals surface area contributed by atoms with E-state index < -0.39 is 22.7 Å². The van der Waals surface area contributed by atoms with Crippen LogP contribution in [0.4, 0.5) is 8.78 Å². The number of rotatable bonds is 17. The fraction of sp³-hybridized carbons (Fsp3) is 0.559. The SMILES string of the molecule is CC(C)(C)CC(C)(C)C(C)(C)C(=O)OCCOCCOCCOCCOc1ccc2cc(-c3cc(F)cc(F)c3)c(=O)oc2n1. The zero-order chi connectivity index (χ0) is 33.3. The first kappa shape index (κ1) is 36.1. The number of nitrogens with zero attached hydrogens (tertiary/aromatic N) is 1.